The summed E-state index contributed by atoms with van der Waals surface area (Å²) >= 11 is 4.36. The third-order valence-corrected chi connectivity index (χ3v) is 2.92. The lowest BCUT2D eigenvalue weighted by atomic mass is 10.2. The molecule has 0 aromatic rings. The number of ether oxygens (including phenoxy) is 1. The van der Waals surface area contributed by atoms with E-state index < -0.39 is 0 Å². The van der Waals surface area contributed by atoms with Gasteiger partial charge in [-0.3, -0.25) is 0 Å². The van der Waals surface area contributed by atoms with Crippen molar-refractivity contribution in [3.8, 4) is 0 Å². The number of hydrogen-bond acceptors (Lipinski definition) is 3. The van der Waals surface area contributed by atoms with E-state index in [-0.39, 0.29) is 0 Å². The Kier molecular flexibility index (Phi) is 11.5. The molecule has 0 N–H and O–H groups in total. The van der Waals surface area contributed by atoms with Crippen LogP contribution in [0.2, 0.25) is 0 Å². The average molecular weight is 261 g/mol. The minimum Gasteiger partial charge on any atom is -0.381 e. The van der Waals surface area contributed by atoms with Crippen molar-refractivity contribution in [3.63, 3.8) is 0 Å². The second-order valence-electron chi connectivity index (χ2n) is 5.47. The number of rotatable bonds is 11. The molecule has 0 rings (SSSR count). The summed E-state index contributed by atoms with van der Waals surface area (Å²) in [6.45, 7) is 10.8. The maximum absolute atomic E-state index is 5.62. The number of thiol groups is 1. The van der Waals surface area contributed by atoms with Gasteiger partial charge in [-0.25, -0.2) is 0 Å². The van der Waals surface area contributed by atoms with Crippen molar-refractivity contribution in [2.24, 2.45) is 5.92 Å². The van der Waals surface area contributed by atoms with Crippen molar-refractivity contribution >= 4 is 12.6 Å². The quantitative estimate of drug-likeness (QED) is 0.452. The SMILES string of the molecule is CC(C)CN(C)CCCOCCCCC(C)S. The lowest BCUT2D eigenvalue weighted by Gasteiger charge is -2.18. The zero-order valence-electron chi connectivity index (χ0n) is 12.1. The molecule has 2 nitrogen and oxygen atoms in total. The Bertz CT molecular complexity index is 162. The summed E-state index contributed by atoms with van der Waals surface area (Å²) in [6, 6.07) is 0. The molecule has 0 spiro atoms. The molecular weight excluding hydrogens is 230 g/mol. The Morgan fingerprint density at radius 3 is 2.29 bits per heavy atom. The van der Waals surface area contributed by atoms with Crippen LogP contribution in [0.1, 0.15) is 46.5 Å². The second kappa shape index (κ2) is 11.4. The van der Waals surface area contributed by atoms with E-state index in [4.69, 9.17) is 4.74 Å². The van der Waals surface area contributed by atoms with Crippen molar-refractivity contribution in [2.45, 2.75) is 51.7 Å². The molecule has 0 aromatic carbocycles. The van der Waals surface area contributed by atoms with Crippen LogP contribution in [0.25, 0.3) is 0 Å². The van der Waals surface area contributed by atoms with E-state index in [9.17, 15) is 0 Å². The molecule has 0 amide bonds. The van der Waals surface area contributed by atoms with Gasteiger partial charge in [0.25, 0.3) is 0 Å². The van der Waals surface area contributed by atoms with Crippen molar-refractivity contribution in [2.75, 3.05) is 33.4 Å². The second-order valence-corrected chi connectivity index (χ2v) is 6.35. The molecule has 0 saturated carbocycles. The maximum Gasteiger partial charge on any atom is 0.0478 e. The van der Waals surface area contributed by atoms with E-state index >= 15 is 0 Å². The van der Waals surface area contributed by atoms with Crippen molar-refractivity contribution < 1.29 is 4.74 Å². The molecule has 0 heterocycles. The van der Waals surface area contributed by atoms with E-state index in [2.05, 4.69) is 45.3 Å². The standard InChI is InChI=1S/C14H31NOS/c1-13(2)12-15(4)9-7-11-16-10-6-5-8-14(3)17/h13-14,17H,5-12H2,1-4H3. The van der Waals surface area contributed by atoms with E-state index in [1.807, 2.05) is 0 Å². The molecule has 3 heteroatoms. The molecule has 17 heavy (non-hydrogen) atoms. The smallest absolute Gasteiger partial charge is 0.0478 e. The van der Waals surface area contributed by atoms with Gasteiger partial charge in [0.15, 0.2) is 0 Å². The van der Waals surface area contributed by atoms with Crippen LogP contribution in [-0.2, 0) is 4.74 Å². The average Bonchev–Trinajstić information content (AvgIpc) is 2.20. The van der Waals surface area contributed by atoms with Crippen molar-refractivity contribution in [1.82, 2.24) is 4.90 Å². The monoisotopic (exact) mass is 261 g/mol. The predicted octanol–water partition coefficient (Wildman–Crippen LogP) is 3.47. The minimum atomic E-state index is 0.527. The van der Waals surface area contributed by atoms with Crippen LogP contribution in [0, 0.1) is 5.92 Å². The molecule has 0 aromatic heterocycles. The van der Waals surface area contributed by atoms with Crippen LogP contribution >= 0.6 is 12.6 Å². The number of hydrogen-bond donors (Lipinski definition) is 1. The molecule has 1 unspecified atom stereocenters. The highest BCUT2D eigenvalue weighted by Gasteiger charge is 2.01. The molecule has 0 radical (unpaired) electrons. The van der Waals surface area contributed by atoms with Crippen molar-refractivity contribution in [1.29, 1.82) is 0 Å². The van der Waals surface area contributed by atoms with Gasteiger partial charge in [0, 0.05) is 26.3 Å². The summed E-state index contributed by atoms with van der Waals surface area (Å²) in [5.74, 6) is 0.754. The fourth-order valence-electron chi connectivity index (χ4n) is 1.90. The molecule has 0 saturated heterocycles. The van der Waals surface area contributed by atoms with Gasteiger partial charge in [0.2, 0.25) is 0 Å². The largest absolute Gasteiger partial charge is 0.381 e. The molecule has 0 aliphatic heterocycles. The third kappa shape index (κ3) is 14.2. The molecule has 0 aliphatic carbocycles. The van der Waals surface area contributed by atoms with Crippen LogP contribution in [0.5, 0.6) is 0 Å². The number of nitrogens with zero attached hydrogens (tertiary/aromatic N) is 1. The number of unbranched alkanes of at least 4 members (excludes halogenated alkanes) is 1. The highest BCUT2D eigenvalue weighted by molar-refractivity contribution is 7.80. The van der Waals surface area contributed by atoms with Crippen LogP contribution in [0.4, 0.5) is 0 Å². The van der Waals surface area contributed by atoms with Crippen LogP contribution in [-0.4, -0.2) is 43.5 Å². The van der Waals surface area contributed by atoms with E-state index in [1.165, 1.54) is 25.8 Å². The predicted molar refractivity (Wildman–Crippen MR) is 80.1 cm³/mol. The van der Waals surface area contributed by atoms with Gasteiger partial charge in [-0.1, -0.05) is 27.2 Å². The molecule has 0 aliphatic rings. The summed E-state index contributed by atoms with van der Waals surface area (Å²) in [6.07, 6.45) is 4.75. The van der Waals surface area contributed by atoms with Crippen molar-refractivity contribution in [3.05, 3.63) is 0 Å². The highest BCUT2D eigenvalue weighted by atomic mass is 32.1. The molecule has 0 bridgehead atoms. The van der Waals surface area contributed by atoms with Gasteiger partial charge >= 0.3 is 0 Å². The van der Waals surface area contributed by atoms with Gasteiger partial charge in [0.1, 0.15) is 0 Å². The molecule has 0 fully saturated rings. The topological polar surface area (TPSA) is 12.5 Å². The van der Waals surface area contributed by atoms with Gasteiger partial charge in [-0.15, -0.1) is 0 Å². The Balaban J connectivity index is 3.13. The first-order valence-electron chi connectivity index (χ1n) is 6.96. The van der Waals surface area contributed by atoms with Gasteiger partial charge in [-0.05, 0) is 37.5 Å². The fourth-order valence-corrected chi connectivity index (χ4v) is 2.08. The Morgan fingerprint density at radius 1 is 1.06 bits per heavy atom. The highest BCUT2D eigenvalue weighted by Crippen LogP contribution is 2.05. The van der Waals surface area contributed by atoms with E-state index in [1.54, 1.807) is 0 Å². The first-order chi connectivity index (χ1) is 8.02. The first kappa shape index (κ1) is 17.3. The minimum absolute atomic E-state index is 0.527. The molecular formula is C14H31NOS. The first-order valence-corrected chi connectivity index (χ1v) is 7.48. The summed E-state index contributed by atoms with van der Waals surface area (Å²) in [5, 5.41) is 0.527. The van der Waals surface area contributed by atoms with Crippen LogP contribution in [0.15, 0.2) is 0 Å². The van der Waals surface area contributed by atoms with Gasteiger partial charge in [0.05, 0.1) is 0 Å². The fraction of sp³-hybridized carbons (Fsp3) is 1.00. The Labute approximate surface area is 114 Å². The summed E-state index contributed by atoms with van der Waals surface area (Å²) < 4.78 is 5.62. The summed E-state index contributed by atoms with van der Waals surface area (Å²) in [4.78, 5) is 2.39. The zero-order valence-corrected chi connectivity index (χ0v) is 13.0. The van der Waals surface area contributed by atoms with Crippen LogP contribution < -0.4 is 0 Å². The molecule has 104 valence electrons. The van der Waals surface area contributed by atoms with Gasteiger partial charge in [-0.2, -0.15) is 12.6 Å². The lowest BCUT2D eigenvalue weighted by molar-refractivity contribution is 0.118. The summed E-state index contributed by atoms with van der Waals surface area (Å²) in [7, 11) is 2.19. The van der Waals surface area contributed by atoms with Crippen LogP contribution in [0.3, 0.4) is 0 Å². The lowest BCUT2D eigenvalue weighted by Crippen LogP contribution is -2.25. The Morgan fingerprint density at radius 2 is 1.71 bits per heavy atom. The zero-order chi connectivity index (χ0) is 13.1. The van der Waals surface area contributed by atoms with Gasteiger partial charge < -0.3 is 9.64 Å². The maximum atomic E-state index is 5.62. The normalized spacial score (nSPS) is 13.6. The Hall–Kier alpha value is 0.270. The van der Waals surface area contributed by atoms with E-state index in [0.29, 0.717) is 5.25 Å². The third-order valence-electron chi connectivity index (χ3n) is 2.67. The molecule has 1 atom stereocenters. The summed E-state index contributed by atoms with van der Waals surface area (Å²) in [5.41, 5.74) is 0. The van der Waals surface area contributed by atoms with E-state index in [0.717, 1.165) is 32.1 Å².